The molecule has 3 saturated heterocycles. The van der Waals surface area contributed by atoms with Crippen molar-refractivity contribution in [2.24, 2.45) is 5.73 Å². The quantitative estimate of drug-likeness (QED) is 0.748. The summed E-state index contributed by atoms with van der Waals surface area (Å²) >= 11 is 0. The van der Waals surface area contributed by atoms with Crippen LogP contribution < -0.4 is 5.73 Å². The van der Waals surface area contributed by atoms with Crippen LogP contribution in [-0.2, 0) is 23.7 Å². The van der Waals surface area contributed by atoms with Gasteiger partial charge in [-0.1, -0.05) is 32.6 Å². The lowest BCUT2D eigenvalue weighted by molar-refractivity contribution is -0.297. The highest BCUT2D eigenvalue weighted by molar-refractivity contribution is 5.07. The lowest BCUT2D eigenvalue weighted by Crippen LogP contribution is -2.46. The molecule has 24 heavy (non-hydrogen) atoms. The molecule has 2 N–H and O–H groups in total. The van der Waals surface area contributed by atoms with Gasteiger partial charge in [-0.15, -0.1) is 0 Å². The lowest BCUT2D eigenvalue weighted by atomic mass is 9.97. The van der Waals surface area contributed by atoms with Crippen LogP contribution in [0.5, 0.6) is 0 Å². The Morgan fingerprint density at radius 2 is 1.75 bits per heavy atom. The molecule has 140 valence electrons. The van der Waals surface area contributed by atoms with E-state index in [9.17, 15) is 0 Å². The van der Waals surface area contributed by atoms with Crippen molar-refractivity contribution in [1.82, 2.24) is 0 Å². The van der Waals surface area contributed by atoms with Gasteiger partial charge >= 0.3 is 0 Å². The third kappa shape index (κ3) is 3.50. The molecule has 0 radical (unpaired) electrons. The molecular weight excluding hydrogens is 310 g/mol. The van der Waals surface area contributed by atoms with Crippen molar-refractivity contribution in [3.63, 3.8) is 0 Å². The Morgan fingerprint density at radius 1 is 1.00 bits per heavy atom. The summed E-state index contributed by atoms with van der Waals surface area (Å²) in [6.45, 7) is 10.2. The van der Waals surface area contributed by atoms with Crippen LogP contribution >= 0.6 is 0 Å². The maximum absolute atomic E-state index is 6.47. The number of nitrogens with two attached hydrogens (primary N) is 1. The number of hydrogen-bond acceptors (Lipinski definition) is 6. The second-order valence-corrected chi connectivity index (χ2v) is 8.22. The first-order valence-electron chi connectivity index (χ1n) is 9.31. The van der Waals surface area contributed by atoms with Crippen molar-refractivity contribution < 1.29 is 23.7 Å². The van der Waals surface area contributed by atoms with E-state index in [0.29, 0.717) is 6.61 Å². The third-order valence-electron chi connectivity index (χ3n) is 5.07. The minimum absolute atomic E-state index is 0.0986. The molecule has 3 heterocycles. The van der Waals surface area contributed by atoms with Gasteiger partial charge in [-0.05, 0) is 34.1 Å². The Morgan fingerprint density at radius 3 is 2.38 bits per heavy atom. The van der Waals surface area contributed by atoms with E-state index in [2.05, 4.69) is 6.92 Å². The van der Waals surface area contributed by atoms with Gasteiger partial charge in [0, 0.05) is 6.04 Å². The van der Waals surface area contributed by atoms with Gasteiger partial charge in [0.1, 0.15) is 24.9 Å². The molecule has 6 heteroatoms. The maximum atomic E-state index is 6.47. The Hall–Kier alpha value is -0.240. The minimum atomic E-state index is -0.923. The fraction of sp³-hybridized carbons (Fsp3) is 1.00. The number of ether oxygens (including phenoxy) is 5. The second-order valence-electron chi connectivity index (χ2n) is 8.22. The van der Waals surface area contributed by atoms with Crippen LogP contribution in [0, 0.1) is 0 Å². The van der Waals surface area contributed by atoms with Crippen molar-refractivity contribution in [3.05, 3.63) is 0 Å². The van der Waals surface area contributed by atoms with Gasteiger partial charge in [-0.25, -0.2) is 0 Å². The number of fused-ring (bicyclic) bond motifs is 2. The SMILES string of the molecule is CCCCCCC(N)[C@@H]1OC2(COC(C)(C)O2)[C@@H]2OC(C)(C)O[C@@H]21. The van der Waals surface area contributed by atoms with Crippen molar-refractivity contribution in [3.8, 4) is 0 Å². The summed E-state index contributed by atoms with van der Waals surface area (Å²) in [6.07, 6.45) is 4.90. The standard InChI is InChI=1S/C18H33NO5/c1-6-7-8-9-10-12(19)13-14-15(23-17(4,5)21-14)18(22-13)11-20-16(2,3)24-18/h12-15H,6-11,19H2,1-5H3/t12?,13-,14+,15+,18?/m0/s1. The van der Waals surface area contributed by atoms with Crippen LogP contribution in [0.3, 0.4) is 0 Å². The van der Waals surface area contributed by atoms with E-state index in [-0.39, 0.29) is 24.4 Å². The molecule has 0 aliphatic carbocycles. The summed E-state index contributed by atoms with van der Waals surface area (Å²) < 4.78 is 30.4. The minimum Gasteiger partial charge on any atom is -0.345 e. The van der Waals surface area contributed by atoms with Crippen molar-refractivity contribution >= 4 is 0 Å². The molecule has 6 nitrogen and oxygen atoms in total. The fourth-order valence-electron chi connectivity index (χ4n) is 3.98. The molecule has 0 amide bonds. The number of rotatable bonds is 6. The van der Waals surface area contributed by atoms with E-state index in [1.165, 1.54) is 19.3 Å². The second kappa shape index (κ2) is 6.49. The molecule has 3 aliphatic rings. The fourth-order valence-corrected chi connectivity index (χ4v) is 3.98. The molecule has 3 aliphatic heterocycles. The first kappa shape index (κ1) is 18.5. The molecule has 0 aromatic rings. The monoisotopic (exact) mass is 343 g/mol. The Balaban J connectivity index is 1.71. The normalized spacial score (nSPS) is 41.0. The van der Waals surface area contributed by atoms with Crippen LogP contribution in [0.2, 0.25) is 0 Å². The zero-order valence-corrected chi connectivity index (χ0v) is 15.7. The molecule has 2 unspecified atom stereocenters. The molecule has 0 bridgehead atoms. The molecule has 1 spiro atoms. The van der Waals surface area contributed by atoms with E-state index >= 15 is 0 Å². The van der Waals surface area contributed by atoms with Crippen LogP contribution in [0.4, 0.5) is 0 Å². The first-order chi connectivity index (χ1) is 11.2. The highest BCUT2D eigenvalue weighted by atomic mass is 16.9. The summed E-state index contributed by atoms with van der Waals surface area (Å²) in [5.41, 5.74) is 6.47. The topological polar surface area (TPSA) is 72.2 Å². The van der Waals surface area contributed by atoms with Gasteiger partial charge in [0.2, 0.25) is 5.79 Å². The average Bonchev–Trinajstić information content (AvgIpc) is 3.06. The summed E-state index contributed by atoms with van der Waals surface area (Å²) in [7, 11) is 0. The first-order valence-corrected chi connectivity index (χ1v) is 9.31. The largest absolute Gasteiger partial charge is 0.345 e. The number of unbranched alkanes of at least 4 members (excludes halogenated alkanes) is 3. The van der Waals surface area contributed by atoms with Crippen molar-refractivity contribution in [1.29, 1.82) is 0 Å². The van der Waals surface area contributed by atoms with Crippen molar-refractivity contribution in [2.45, 2.75) is 108 Å². The zero-order chi connectivity index (χ0) is 17.6. The van der Waals surface area contributed by atoms with Gasteiger partial charge in [-0.2, -0.15) is 0 Å². The summed E-state index contributed by atoms with van der Waals surface area (Å²) in [6, 6.07) is -0.0986. The summed E-state index contributed by atoms with van der Waals surface area (Å²) in [4.78, 5) is 0. The predicted molar refractivity (Wildman–Crippen MR) is 89.3 cm³/mol. The Labute approximate surface area is 145 Å². The van der Waals surface area contributed by atoms with Gasteiger partial charge in [-0.3, -0.25) is 0 Å². The van der Waals surface area contributed by atoms with Crippen LogP contribution in [0.25, 0.3) is 0 Å². The molecular formula is C18H33NO5. The molecule has 0 aromatic carbocycles. The Kier molecular flexibility index (Phi) is 5.01. The maximum Gasteiger partial charge on any atom is 0.224 e. The van der Waals surface area contributed by atoms with Crippen LogP contribution in [-0.4, -0.2) is 48.3 Å². The van der Waals surface area contributed by atoms with E-state index < -0.39 is 17.4 Å². The highest BCUT2D eigenvalue weighted by Crippen LogP contribution is 2.50. The molecule has 0 saturated carbocycles. The van der Waals surface area contributed by atoms with E-state index in [0.717, 1.165) is 12.8 Å². The Bertz CT molecular complexity index is 455. The average molecular weight is 343 g/mol. The summed E-state index contributed by atoms with van der Waals surface area (Å²) in [5.74, 6) is -2.28. The van der Waals surface area contributed by atoms with E-state index in [4.69, 9.17) is 29.4 Å². The van der Waals surface area contributed by atoms with Crippen molar-refractivity contribution in [2.75, 3.05) is 6.61 Å². The van der Waals surface area contributed by atoms with Crippen LogP contribution in [0.1, 0.15) is 66.7 Å². The van der Waals surface area contributed by atoms with Crippen LogP contribution in [0.15, 0.2) is 0 Å². The van der Waals surface area contributed by atoms with E-state index in [1.807, 2.05) is 27.7 Å². The van der Waals surface area contributed by atoms with E-state index in [1.54, 1.807) is 0 Å². The summed E-state index contributed by atoms with van der Waals surface area (Å²) in [5, 5.41) is 0. The molecule has 3 rings (SSSR count). The third-order valence-corrected chi connectivity index (χ3v) is 5.07. The van der Waals surface area contributed by atoms with Gasteiger partial charge < -0.3 is 29.4 Å². The lowest BCUT2D eigenvalue weighted by Gasteiger charge is -2.31. The predicted octanol–water partition coefficient (Wildman–Crippen LogP) is 2.68. The zero-order valence-electron chi connectivity index (χ0n) is 15.7. The highest BCUT2D eigenvalue weighted by Gasteiger charge is 2.68. The van der Waals surface area contributed by atoms with Gasteiger partial charge in [0.25, 0.3) is 0 Å². The van der Waals surface area contributed by atoms with Gasteiger partial charge in [0.05, 0.1) is 0 Å². The smallest absolute Gasteiger partial charge is 0.224 e. The molecule has 5 atom stereocenters. The van der Waals surface area contributed by atoms with Gasteiger partial charge in [0.15, 0.2) is 11.6 Å². The number of hydrogen-bond donors (Lipinski definition) is 1. The molecule has 0 aromatic heterocycles. The molecule has 3 fully saturated rings.